The van der Waals surface area contributed by atoms with E-state index >= 15 is 0 Å². The second kappa shape index (κ2) is 3.40. The van der Waals surface area contributed by atoms with Gasteiger partial charge in [0.25, 0.3) is 0 Å². The first-order chi connectivity index (χ1) is 7.00. The topological polar surface area (TPSA) is 21.3 Å². The molecule has 1 atom stereocenters. The third-order valence-electron chi connectivity index (χ3n) is 2.89. The second-order valence-corrected chi connectivity index (χ2v) is 4.49. The molecular weight excluding hydrogens is 193 g/mol. The maximum Gasteiger partial charge on any atom is 0.125 e. The normalized spacial score (nSPS) is 19.6. The molecule has 0 saturated heterocycles. The zero-order chi connectivity index (χ0) is 11.1. The number of halogens is 1. The Kier molecular flexibility index (Phi) is 2.33. The molecule has 2 nitrogen and oxygen atoms in total. The number of hydrogen-bond acceptors (Lipinski definition) is 2. The molecule has 82 valence electrons. The van der Waals surface area contributed by atoms with Crippen molar-refractivity contribution in [1.82, 2.24) is 0 Å². The summed E-state index contributed by atoms with van der Waals surface area (Å²) in [5.41, 5.74) is 0.948. The van der Waals surface area contributed by atoms with E-state index in [1.54, 1.807) is 21.0 Å². The number of fused-ring (bicyclic) bond motifs is 1. The summed E-state index contributed by atoms with van der Waals surface area (Å²) in [6.45, 7) is 3.21. The Balaban J connectivity index is 2.24. The van der Waals surface area contributed by atoms with E-state index in [9.17, 15) is 4.39 Å². The van der Waals surface area contributed by atoms with Crippen LogP contribution in [0.15, 0.2) is 18.2 Å². The fraction of sp³-hybridized carbons (Fsp3) is 0.500. The Morgan fingerprint density at radius 2 is 2.20 bits per heavy atom. The SMILES string of the molecule is COc1ccc2c(c1)CC(C(C)(C)F)N2. The minimum atomic E-state index is -1.20. The minimum Gasteiger partial charge on any atom is -0.497 e. The fourth-order valence-electron chi connectivity index (χ4n) is 1.88. The highest BCUT2D eigenvalue weighted by molar-refractivity contribution is 5.59. The van der Waals surface area contributed by atoms with Gasteiger partial charge in [-0.3, -0.25) is 0 Å². The number of benzene rings is 1. The Morgan fingerprint density at radius 3 is 2.80 bits per heavy atom. The Bertz CT molecular complexity index is 370. The molecule has 0 aromatic heterocycles. The maximum atomic E-state index is 13.7. The molecule has 1 heterocycles. The van der Waals surface area contributed by atoms with E-state index in [1.807, 2.05) is 18.2 Å². The van der Waals surface area contributed by atoms with Crippen molar-refractivity contribution in [3.05, 3.63) is 23.8 Å². The third-order valence-corrected chi connectivity index (χ3v) is 2.89. The zero-order valence-corrected chi connectivity index (χ0v) is 9.30. The van der Waals surface area contributed by atoms with Crippen LogP contribution < -0.4 is 10.1 Å². The van der Waals surface area contributed by atoms with Crippen LogP contribution in [0.5, 0.6) is 5.75 Å². The first-order valence-corrected chi connectivity index (χ1v) is 5.13. The molecule has 1 N–H and O–H groups in total. The molecule has 0 aliphatic carbocycles. The number of nitrogens with one attached hydrogen (secondary N) is 1. The van der Waals surface area contributed by atoms with Crippen LogP contribution in [0.1, 0.15) is 19.4 Å². The largest absolute Gasteiger partial charge is 0.497 e. The standard InChI is InChI=1S/C12H16FNO/c1-12(2,13)11-7-8-6-9(15-3)4-5-10(8)14-11/h4-6,11,14H,7H2,1-3H3. The first kappa shape index (κ1) is 10.3. The number of rotatable bonds is 2. The molecule has 1 aromatic carbocycles. The number of alkyl halides is 1. The second-order valence-electron chi connectivity index (χ2n) is 4.49. The highest BCUT2D eigenvalue weighted by Gasteiger charge is 2.34. The molecule has 1 unspecified atom stereocenters. The molecule has 0 fully saturated rings. The lowest BCUT2D eigenvalue weighted by atomic mass is 9.98. The lowest BCUT2D eigenvalue weighted by Crippen LogP contribution is -2.36. The summed E-state index contributed by atoms with van der Waals surface area (Å²) in [4.78, 5) is 0. The third kappa shape index (κ3) is 1.91. The average Bonchev–Trinajstić information content (AvgIpc) is 2.59. The minimum absolute atomic E-state index is 0.139. The van der Waals surface area contributed by atoms with Crippen molar-refractivity contribution < 1.29 is 9.13 Å². The summed E-state index contributed by atoms with van der Waals surface area (Å²) < 4.78 is 18.9. The van der Waals surface area contributed by atoms with E-state index in [0.717, 1.165) is 23.4 Å². The van der Waals surface area contributed by atoms with Gasteiger partial charge in [-0.2, -0.15) is 0 Å². The molecule has 1 aromatic rings. The highest BCUT2D eigenvalue weighted by atomic mass is 19.1. The van der Waals surface area contributed by atoms with Gasteiger partial charge in [0.1, 0.15) is 11.4 Å². The molecular formula is C12H16FNO. The van der Waals surface area contributed by atoms with Crippen molar-refractivity contribution in [2.45, 2.75) is 32.0 Å². The lowest BCUT2D eigenvalue weighted by molar-refractivity contribution is 0.187. The summed E-state index contributed by atoms with van der Waals surface area (Å²) in [5, 5.41) is 3.20. The van der Waals surface area contributed by atoms with Crippen LogP contribution in [-0.2, 0) is 6.42 Å². The monoisotopic (exact) mass is 209 g/mol. The average molecular weight is 209 g/mol. The Morgan fingerprint density at radius 1 is 1.47 bits per heavy atom. The predicted molar refractivity (Wildman–Crippen MR) is 59.3 cm³/mol. The fourth-order valence-corrected chi connectivity index (χ4v) is 1.88. The van der Waals surface area contributed by atoms with Gasteiger partial charge in [-0.05, 0) is 44.0 Å². The molecule has 0 bridgehead atoms. The van der Waals surface area contributed by atoms with Crippen LogP contribution in [0, 0.1) is 0 Å². The van der Waals surface area contributed by atoms with Gasteiger partial charge >= 0.3 is 0 Å². The predicted octanol–water partition coefficient (Wildman–Crippen LogP) is 2.78. The number of hydrogen-bond donors (Lipinski definition) is 1. The van der Waals surface area contributed by atoms with E-state index < -0.39 is 5.67 Å². The maximum absolute atomic E-state index is 13.7. The van der Waals surface area contributed by atoms with Crippen LogP contribution in [0.2, 0.25) is 0 Å². The zero-order valence-electron chi connectivity index (χ0n) is 9.30. The number of ether oxygens (including phenoxy) is 1. The van der Waals surface area contributed by atoms with Gasteiger partial charge in [0, 0.05) is 5.69 Å². The van der Waals surface area contributed by atoms with E-state index in [0.29, 0.717) is 0 Å². The highest BCUT2D eigenvalue weighted by Crippen LogP contribution is 2.34. The summed E-state index contributed by atoms with van der Waals surface area (Å²) in [6.07, 6.45) is 0.718. The van der Waals surface area contributed by atoms with Crippen molar-refractivity contribution in [3.8, 4) is 5.75 Å². The van der Waals surface area contributed by atoms with Crippen LogP contribution in [0.25, 0.3) is 0 Å². The van der Waals surface area contributed by atoms with Gasteiger partial charge in [0.2, 0.25) is 0 Å². The van der Waals surface area contributed by atoms with Crippen molar-refractivity contribution >= 4 is 5.69 Å². The molecule has 1 aliphatic heterocycles. The number of methoxy groups -OCH3 is 1. The number of anilines is 1. The Labute approximate surface area is 89.4 Å². The van der Waals surface area contributed by atoms with Gasteiger partial charge in [0.05, 0.1) is 13.2 Å². The van der Waals surface area contributed by atoms with Crippen molar-refractivity contribution in [2.24, 2.45) is 0 Å². The van der Waals surface area contributed by atoms with Gasteiger partial charge in [-0.15, -0.1) is 0 Å². The van der Waals surface area contributed by atoms with Gasteiger partial charge in [-0.1, -0.05) is 0 Å². The molecule has 3 heteroatoms. The van der Waals surface area contributed by atoms with E-state index in [4.69, 9.17) is 4.74 Å². The molecule has 1 aliphatic rings. The van der Waals surface area contributed by atoms with Crippen LogP contribution in [-0.4, -0.2) is 18.8 Å². The smallest absolute Gasteiger partial charge is 0.125 e. The molecule has 15 heavy (non-hydrogen) atoms. The van der Waals surface area contributed by atoms with E-state index in [-0.39, 0.29) is 6.04 Å². The van der Waals surface area contributed by atoms with Crippen molar-refractivity contribution in [2.75, 3.05) is 12.4 Å². The van der Waals surface area contributed by atoms with Crippen molar-refractivity contribution in [3.63, 3.8) is 0 Å². The van der Waals surface area contributed by atoms with Gasteiger partial charge in [0.15, 0.2) is 0 Å². The molecule has 0 saturated carbocycles. The van der Waals surface area contributed by atoms with Gasteiger partial charge in [-0.25, -0.2) is 4.39 Å². The first-order valence-electron chi connectivity index (χ1n) is 5.13. The summed E-state index contributed by atoms with van der Waals surface area (Å²) in [7, 11) is 1.64. The molecule has 0 radical (unpaired) electrons. The molecule has 0 amide bonds. The summed E-state index contributed by atoms with van der Waals surface area (Å²) in [6, 6.07) is 5.66. The van der Waals surface area contributed by atoms with Crippen LogP contribution in [0.3, 0.4) is 0 Å². The molecule has 0 spiro atoms. The van der Waals surface area contributed by atoms with Crippen molar-refractivity contribution in [1.29, 1.82) is 0 Å². The Hall–Kier alpha value is -1.25. The van der Waals surface area contributed by atoms with E-state index in [1.165, 1.54) is 0 Å². The summed E-state index contributed by atoms with van der Waals surface area (Å²) >= 11 is 0. The van der Waals surface area contributed by atoms with Crippen LogP contribution >= 0.6 is 0 Å². The van der Waals surface area contributed by atoms with E-state index in [2.05, 4.69) is 5.32 Å². The lowest BCUT2D eigenvalue weighted by Gasteiger charge is -2.22. The van der Waals surface area contributed by atoms with Crippen LogP contribution in [0.4, 0.5) is 10.1 Å². The van der Waals surface area contributed by atoms with Gasteiger partial charge < -0.3 is 10.1 Å². The summed E-state index contributed by atoms with van der Waals surface area (Å²) in [5.74, 6) is 0.827. The molecule has 2 rings (SSSR count). The quantitative estimate of drug-likeness (QED) is 0.808.